The zero-order valence-corrected chi connectivity index (χ0v) is 11.2. The Balaban J connectivity index is 2.15. The molecule has 0 spiro atoms. The molecule has 0 heterocycles. The summed E-state index contributed by atoms with van der Waals surface area (Å²) in [5.41, 5.74) is -0.772. The van der Waals surface area contributed by atoms with Gasteiger partial charge in [-0.05, 0) is 22.3 Å². The molecule has 4 heteroatoms. The minimum absolute atomic E-state index is 0.0210. The smallest absolute Gasteiger partial charge is 0.310 e. The third-order valence-corrected chi connectivity index (χ3v) is 4.87. The maximum atomic E-state index is 11.6. The zero-order valence-electron chi connectivity index (χ0n) is 11.2. The highest BCUT2D eigenvalue weighted by atomic mass is 16.4. The second-order valence-electron chi connectivity index (χ2n) is 5.81. The summed E-state index contributed by atoms with van der Waals surface area (Å²) in [4.78, 5) is 11.6. The highest BCUT2D eigenvalue weighted by Gasteiger charge is 2.61. The van der Waals surface area contributed by atoms with E-state index in [9.17, 15) is 20.1 Å². The first kappa shape index (κ1) is 12.6. The van der Waals surface area contributed by atoms with E-state index < -0.39 is 23.1 Å². The molecule has 0 radical (unpaired) electrons. The second-order valence-corrected chi connectivity index (χ2v) is 5.81. The number of carbonyl (C=O) groups is 1. The lowest BCUT2D eigenvalue weighted by molar-refractivity contribution is -0.160. The van der Waals surface area contributed by atoms with Gasteiger partial charge in [0.05, 0.1) is 5.92 Å². The summed E-state index contributed by atoms with van der Waals surface area (Å²) < 4.78 is 0. The van der Waals surface area contributed by atoms with Gasteiger partial charge in [0, 0.05) is 6.42 Å². The van der Waals surface area contributed by atoms with Gasteiger partial charge < -0.3 is 15.3 Å². The van der Waals surface area contributed by atoms with Gasteiger partial charge in [-0.1, -0.05) is 48.5 Å². The van der Waals surface area contributed by atoms with Gasteiger partial charge in [0.25, 0.3) is 0 Å². The lowest BCUT2D eigenvalue weighted by Gasteiger charge is -2.53. The number of benzene rings is 2. The van der Waals surface area contributed by atoms with Crippen LogP contribution in [0.4, 0.5) is 0 Å². The Morgan fingerprint density at radius 3 is 1.76 bits per heavy atom. The van der Waals surface area contributed by atoms with Gasteiger partial charge in [0.2, 0.25) is 0 Å². The maximum absolute atomic E-state index is 11.6. The number of carboxylic acids is 1. The molecule has 3 N–H and O–H groups in total. The molecule has 106 valence electrons. The van der Waals surface area contributed by atoms with E-state index >= 15 is 0 Å². The van der Waals surface area contributed by atoms with Crippen molar-refractivity contribution in [2.24, 2.45) is 5.92 Å². The van der Waals surface area contributed by atoms with Gasteiger partial charge in [-0.25, -0.2) is 0 Å². The Labute approximate surface area is 121 Å². The number of fused-ring (bicyclic) bond motifs is 1. The topological polar surface area (TPSA) is 77.8 Å². The van der Waals surface area contributed by atoms with Crippen molar-refractivity contribution < 1.29 is 20.1 Å². The third kappa shape index (κ3) is 1.29. The number of carboxylic acid groups (broad SMARTS) is 1. The normalized spacial score (nSPS) is 32.4. The van der Waals surface area contributed by atoms with Crippen LogP contribution >= 0.6 is 0 Å². The van der Waals surface area contributed by atoms with Crippen LogP contribution in [-0.4, -0.2) is 21.3 Å². The number of aliphatic carboxylic acids is 1. The standard InChI is InChI=1S/C17H14O4/c18-15(19)14-9-16(20)10-5-1-3-7-12(10)17(14,21)13-8-4-2-6-11(13)16/h1-8,14,20-21H,9H2,(H,18,19). The van der Waals surface area contributed by atoms with Crippen LogP contribution in [0.2, 0.25) is 0 Å². The van der Waals surface area contributed by atoms with Gasteiger partial charge >= 0.3 is 5.97 Å². The molecule has 0 fully saturated rings. The van der Waals surface area contributed by atoms with E-state index in [4.69, 9.17) is 0 Å². The monoisotopic (exact) mass is 282 g/mol. The number of rotatable bonds is 1. The SMILES string of the molecule is O=C(O)C1CC2(O)c3ccccc3C1(O)c1ccccc12. The summed E-state index contributed by atoms with van der Waals surface area (Å²) in [5.74, 6) is -2.16. The first-order valence-electron chi connectivity index (χ1n) is 6.87. The first-order valence-corrected chi connectivity index (χ1v) is 6.87. The van der Waals surface area contributed by atoms with Gasteiger partial charge in [-0.3, -0.25) is 4.79 Å². The van der Waals surface area contributed by atoms with Crippen molar-refractivity contribution in [3.8, 4) is 0 Å². The minimum Gasteiger partial charge on any atom is -0.481 e. The van der Waals surface area contributed by atoms with Crippen molar-refractivity contribution in [2.45, 2.75) is 17.6 Å². The fourth-order valence-corrected chi connectivity index (χ4v) is 3.95. The molecule has 21 heavy (non-hydrogen) atoms. The Morgan fingerprint density at radius 2 is 1.33 bits per heavy atom. The van der Waals surface area contributed by atoms with Gasteiger partial charge in [0.15, 0.2) is 0 Å². The highest BCUT2D eigenvalue weighted by molar-refractivity contribution is 5.77. The van der Waals surface area contributed by atoms with E-state index in [0.717, 1.165) is 0 Å². The number of hydrogen-bond donors (Lipinski definition) is 3. The van der Waals surface area contributed by atoms with Crippen LogP contribution in [0, 0.1) is 5.92 Å². The predicted molar refractivity (Wildman–Crippen MR) is 74.6 cm³/mol. The summed E-state index contributed by atoms with van der Waals surface area (Å²) >= 11 is 0. The summed E-state index contributed by atoms with van der Waals surface area (Å²) in [6.45, 7) is 0. The van der Waals surface area contributed by atoms with Crippen molar-refractivity contribution >= 4 is 5.97 Å². The molecule has 1 unspecified atom stereocenters. The van der Waals surface area contributed by atoms with E-state index in [1.54, 1.807) is 48.5 Å². The average Bonchev–Trinajstić information content (AvgIpc) is 2.50. The lowest BCUT2D eigenvalue weighted by atomic mass is 9.54. The Kier molecular flexibility index (Phi) is 2.23. The Hall–Kier alpha value is -2.17. The second kappa shape index (κ2) is 3.72. The predicted octanol–water partition coefficient (Wildman–Crippen LogP) is 1.58. The molecular weight excluding hydrogens is 268 g/mol. The number of aliphatic hydroxyl groups is 2. The summed E-state index contributed by atoms with van der Waals surface area (Å²) in [6, 6.07) is 14.0. The molecule has 2 aromatic carbocycles. The Morgan fingerprint density at radius 1 is 0.905 bits per heavy atom. The molecule has 3 aliphatic carbocycles. The third-order valence-electron chi connectivity index (χ3n) is 4.87. The molecule has 0 aliphatic heterocycles. The molecule has 0 amide bonds. The van der Waals surface area contributed by atoms with E-state index in [1.807, 2.05) is 0 Å². The van der Waals surface area contributed by atoms with Crippen LogP contribution in [0.3, 0.4) is 0 Å². The molecule has 0 saturated carbocycles. The first-order chi connectivity index (χ1) is 9.99. The largest absolute Gasteiger partial charge is 0.481 e. The van der Waals surface area contributed by atoms with Crippen LogP contribution in [0.1, 0.15) is 28.7 Å². The fraction of sp³-hybridized carbons (Fsp3) is 0.235. The van der Waals surface area contributed by atoms with Crippen molar-refractivity contribution in [1.29, 1.82) is 0 Å². The molecule has 2 bridgehead atoms. The minimum atomic E-state index is -1.59. The van der Waals surface area contributed by atoms with Crippen molar-refractivity contribution in [3.05, 3.63) is 70.8 Å². The molecule has 3 aliphatic rings. The molecular formula is C17H14O4. The molecule has 2 aromatic rings. The molecule has 5 rings (SSSR count). The summed E-state index contributed by atoms with van der Waals surface area (Å²) in [7, 11) is 0. The van der Waals surface area contributed by atoms with Crippen molar-refractivity contribution in [1.82, 2.24) is 0 Å². The van der Waals surface area contributed by atoms with Crippen molar-refractivity contribution in [3.63, 3.8) is 0 Å². The quantitative estimate of drug-likeness (QED) is 0.742. The zero-order chi connectivity index (χ0) is 14.8. The van der Waals surface area contributed by atoms with E-state index in [0.29, 0.717) is 22.3 Å². The summed E-state index contributed by atoms with van der Waals surface area (Å²) in [6.07, 6.45) is -0.0210. The molecule has 0 aromatic heterocycles. The van der Waals surface area contributed by atoms with Gasteiger partial charge in [-0.2, -0.15) is 0 Å². The maximum Gasteiger partial charge on any atom is 0.310 e. The van der Waals surface area contributed by atoms with Gasteiger partial charge in [-0.15, -0.1) is 0 Å². The van der Waals surface area contributed by atoms with E-state index in [-0.39, 0.29) is 6.42 Å². The van der Waals surface area contributed by atoms with Crippen molar-refractivity contribution in [2.75, 3.05) is 0 Å². The van der Waals surface area contributed by atoms with Crippen LogP contribution in [0.25, 0.3) is 0 Å². The van der Waals surface area contributed by atoms with Crippen LogP contribution in [0.15, 0.2) is 48.5 Å². The van der Waals surface area contributed by atoms with E-state index in [2.05, 4.69) is 0 Å². The number of hydrogen-bond acceptors (Lipinski definition) is 3. The molecule has 0 saturated heterocycles. The van der Waals surface area contributed by atoms with Crippen LogP contribution < -0.4 is 0 Å². The molecule has 4 nitrogen and oxygen atoms in total. The highest BCUT2D eigenvalue weighted by Crippen LogP contribution is 2.59. The summed E-state index contributed by atoms with van der Waals surface area (Å²) in [5, 5.41) is 32.0. The Bertz CT molecular complexity index is 717. The van der Waals surface area contributed by atoms with Crippen LogP contribution in [-0.2, 0) is 16.0 Å². The van der Waals surface area contributed by atoms with E-state index in [1.165, 1.54) is 0 Å². The average molecular weight is 282 g/mol. The van der Waals surface area contributed by atoms with Crippen LogP contribution in [0.5, 0.6) is 0 Å². The fourth-order valence-electron chi connectivity index (χ4n) is 3.95. The molecule has 1 atom stereocenters. The van der Waals surface area contributed by atoms with Gasteiger partial charge in [0.1, 0.15) is 11.2 Å². The lowest BCUT2D eigenvalue weighted by Crippen LogP contribution is -2.56.